The Labute approximate surface area is 114 Å². The highest BCUT2D eigenvalue weighted by molar-refractivity contribution is 6.30. The summed E-state index contributed by atoms with van der Waals surface area (Å²) < 4.78 is 0. The van der Waals surface area contributed by atoms with Gasteiger partial charge in [-0.1, -0.05) is 23.7 Å². The average molecular weight is 269 g/mol. The molecule has 1 saturated heterocycles. The Morgan fingerprint density at radius 1 is 1.11 bits per heavy atom. The molecule has 3 nitrogen and oxygen atoms in total. The number of rotatable bonds is 4. The maximum atomic E-state index is 9.36. The lowest BCUT2D eigenvalue weighted by Gasteiger charge is -2.35. The van der Waals surface area contributed by atoms with Crippen molar-refractivity contribution in [1.82, 2.24) is 9.80 Å². The zero-order valence-electron chi connectivity index (χ0n) is 10.8. The van der Waals surface area contributed by atoms with E-state index in [9.17, 15) is 5.11 Å². The van der Waals surface area contributed by atoms with Gasteiger partial charge in [-0.2, -0.15) is 0 Å². The molecule has 0 spiro atoms. The van der Waals surface area contributed by atoms with Crippen LogP contribution in [-0.2, 0) is 6.54 Å². The van der Waals surface area contributed by atoms with Gasteiger partial charge in [0.15, 0.2) is 0 Å². The van der Waals surface area contributed by atoms with E-state index in [0.717, 1.165) is 44.3 Å². The first-order valence-electron chi connectivity index (χ1n) is 6.51. The molecule has 1 aliphatic heterocycles. The molecule has 1 N–H and O–H groups in total. The summed E-state index contributed by atoms with van der Waals surface area (Å²) in [5, 5.41) is 10.2. The zero-order chi connectivity index (χ0) is 13.0. The molecule has 0 aromatic heterocycles. The van der Waals surface area contributed by atoms with Crippen LogP contribution in [0.2, 0.25) is 5.02 Å². The maximum Gasteiger partial charge on any atom is 0.0639 e. The zero-order valence-corrected chi connectivity index (χ0v) is 11.6. The van der Waals surface area contributed by atoms with E-state index in [1.807, 2.05) is 19.1 Å². The summed E-state index contributed by atoms with van der Waals surface area (Å²) in [6, 6.07) is 8.07. The molecule has 18 heavy (non-hydrogen) atoms. The second kappa shape index (κ2) is 6.53. The van der Waals surface area contributed by atoms with Crippen molar-refractivity contribution in [3.8, 4) is 0 Å². The van der Waals surface area contributed by atoms with E-state index in [2.05, 4.69) is 21.9 Å². The number of piperazine rings is 1. The second-order valence-electron chi connectivity index (χ2n) is 5.05. The predicted molar refractivity (Wildman–Crippen MR) is 74.8 cm³/mol. The number of β-amino-alcohol motifs (C(OH)–C–C–N with tert-alkyl or cyclic N) is 1. The third-order valence-electron chi connectivity index (χ3n) is 3.31. The van der Waals surface area contributed by atoms with E-state index in [-0.39, 0.29) is 6.10 Å². The summed E-state index contributed by atoms with van der Waals surface area (Å²) in [5.41, 5.74) is 1.31. The lowest BCUT2D eigenvalue weighted by molar-refractivity contribution is 0.0781. The molecule has 100 valence electrons. The average Bonchev–Trinajstić information content (AvgIpc) is 2.34. The fraction of sp³-hybridized carbons (Fsp3) is 0.571. The monoisotopic (exact) mass is 268 g/mol. The molecule has 4 heteroatoms. The van der Waals surface area contributed by atoms with Crippen molar-refractivity contribution in [2.24, 2.45) is 0 Å². The van der Waals surface area contributed by atoms with Crippen LogP contribution in [0.3, 0.4) is 0 Å². The van der Waals surface area contributed by atoms with Crippen LogP contribution in [-0.4, -0.2) is 53.7 Å². The van der Waals surface area contributed by atoms with Gasteiger partial charge >= 0.3 is 0 Å². The van der Waals surface area contributed by atoms with Gasteiger partial charge in [0.2, 0.25) is 0 Å². The molecule has 1 atom stereocenters. The molecule has 0 aliphatic carbocycles. The van der Waals surface area contributed by atoms with Crippen molar-refractivity contribution < 1.29 is 5.11 Å². The fourth-order valence-corrected chi connectivity index (χ4v) is 2.48. The minimum Gasteiger partial charge on any atom is -0.392 e. The van der Waals surface area contributed by atoms with E-state index >= 15 is 0 Å². The predicted octanol–water partition coefficient (Wildman–Crippen LogP) is 1.84. The van der Waals surface area contributed by atoms with Crippen LogP contribution in [0.25, 0.3) is 0 Å². The van der Waals surface area contributed by atoms with Crippen LogP contribution in [0.4, 0.5) is 0 Å². The smallest absolute Gasteiger partial charge is 0.0639 e. The standard InChI is InChI=1S/C14H21ClN2O/c1-12(18)10-16-6-8-17(9-7-16)11-13-2-4-14(15)5-3-13/h2-5,12,18H,6-11H2,1H3/t12-/m0/s1. The van der Waals surface area contributed by atoms with E-state index < -0.39 is 0 Å². The first-order chi connectivity index (χ1) is 8.63. The minimum absolute atomic E-state index is 0.229. The molecular formula is C14H21ClN2O. The largest absolute Gasteiger partial charge is 0.392 e. The van der Waals surface area contributed by atoms with Crippen LogP contribution in [0.5, 0.6) is 0 Å². The summed E-state index contributed by atoms with van der Waals surface area (Å²) in [5.74, 6) is 0. The Morgan fingerprint density at radius 2 is 1.67 bits per heavy atom. The van der Waals surface area contributed by atoms with Crippen molar-refractivity contribution in [2.75, 3.05) is 32.7 Å². The molecule has 0 bridgehead atoms. The lowest BCUT2D eigenvalue weighted by atomic mass is 10.2. The van der Waals surface area contributed by atoms with E-state index in [1.54, 1.807) is 0 Å². The van der Waals surface area contributed by atoms with Gasteiger partial charge in [-0.25, -0.2) is 0 Å². The third kappa shape index (κ3) is 4.25. The second-order valence-corrected chi connectivity index (χ2v) is 5.49. The SMILES string of the molecule is C[C@H](O)CN1CCN(Cc2ccc(Cl)cc2)CC1. The van der Waals surface area contributed by atoms with Gasteiger partial charge in [0.1, 0.15) is 0 Å². The summed E-state index contributed by atoms with van der Waals surface area (Å²) in [4.78, 5) is 4.77. The maximum absolute atomic E-state index is 9.36. The Morgan fingerprint density at radius 3 is 2.22 bits per heavy atom. The van der Waals surface area contributed by atoms with Crippen molar-refractivity contribution >= 4 is 11.6 Å². The van der Waals surface area contributed by atoms with Crippen LogP contribution >= 0.6 is 11.6 Å². The highest BCUT2D eigenvalue weighted by Crippen LogP contribution is 2.12. The van der Waals surface area contributed by atoms with E-state index in [1.165, 1.54) is 5.56 Å². The fourth-order valence-electron chi connectivity index (χ4n) is 2.35. The Kier molecular flexibility index (Phi) is 5.01. The molecule has 0 amide bonds. The number of hydrogen-bond donors (Lipinski definition) is 1. The molecule has 1 fully saturated rings. The lowest BCUT2D eigenvalue weighted by Crippen LogP contribution is -2.47. The molecule has 1 aliphatic rings. The third-order valence-corrected chi connectivity index (χ3v) is 3.56. The molecule has 0 saturated carbocycles. The first kappa shape index (κ1) is 13.8. The topological polar surface area (TPSA) is 26.7 Å². The normalized spacial score (nSPS) is 19.9. The summed E-state index contributed by atoms with van der Waals surface area (Å²) in [6.07, 6.45) is -0.229. The van der Waals surface area contributed by atoms with Gasteiger partial charge in [-0.05, 0) is 24.6 Å². The van der Waals surface area contributed by atoms with Gasteiger partial charge in [0, 0.05) is 44.3 Å². The number of aliphatic hydroxyl groups is 1. The van der Waals surface area contributed by atoms with Crippen molar-refractivity contribution in [1.29, 1.82) is 0 Å². The van der Waals surface area contributed by atoms with Gasteiger partial charge in [-0.15, -0.1) is 0 Å². The first-order valence-corrected chi connectivity index (χ1v) is 6.88. The van der Waals surface area contributed by atoms with Gasteiger partial charge in [-0.3, -0.25) is 9.80 Å². The highest BCUT2D eigenvalue weighted by atomic mass is 35.5. The van der Waals surface area contributed by atoms with Crippen LogP contribution < -0.4 is 0 Å². The molecule has 0 radical (unpaired) electrons. The van der Waals surface area contributed by atoms with Crippen molar-refractivity contribution in [2.45, 2.75) is 19.6 Å². The summed E-state index contributed by atoms with van der Waals surface area (Å²) in [6.45, 7) is 7.83. The van der Waals surface area contributed by atoms with Gasteiger partial charge < -0.3 is 5.11 Å². The van der Waals surface area contributed by atoms with Crippen LogP contribution in [0.15, 0.2) is 24.3 Å². The van der Waals surface area contributed by atoms with E-state index in [0.29, 0.717) is 0 Å². The number of halogens is 1. The minimum atomic E-state index is -0.229. The van der Waals surface area contributed by atoms with Crippen molar-refractivity contribution in [3.05, 3.63) is 34.9 Å². The Hall–Kier alpha value is -0.610. The molecule has 1 aromatic rings. The number of hydrogen-bond acceptors (Lipinski definition) is 3. The molecular weight excluding hydrogens is 248 g/mol. The number of benzene rings is 1. The molecule has 2 rings (SSSR count). The highest BCUT2D eigenvalue weighted by Gasteiger charge is 2.17. The molecule has 0 unspecified atom stereocenters. The number of aliphatic hydroxyl groups excluding tert-OH is 1. The molecule has 1 heterocycles. The quantitative estimate of drug-likeness (QED) is 0.903. The summed E-state index contributed by atoms with van der Waals surface area (Å²) >= 11 is 5.88. The van der Waals surface area contributed by atoms with Crippen LogP contribution in [0.1, 0.15) is 12.5 Å². The molecule has 1 aromatic carbocycles. The number of nitrogens with zero attached hydrogens (tertiary/aromatic N) is 2. The van der Waals surface area contributed by atoms with Gasteiger partial charge in [0.05, 0.1) is 6.10 Å². The summed E-state index contributed by atoms with van der Waals surface area (Å²) in [7, 11) is 0. The Balaban J connectivity index is 1.78. The van der Waals surface area contributed by atoms with Crippen LogP contribution in [0, 0.1) is 0 Å². The van der Waals surface area contributed by atoms with Gasteiger partial charge in [0.25, 0.3) is 0 Å². The van der Waals surface area contributed by atoms with E-state index in [4.69, 9.17) is 11.6 Å². The Bertz CT molecular complexity index is 359. The van der Waals surface area contributed by atoms with Crippen molar-refractivity contribution in [3.63, 3.8) is 0 Å².